The number of pyridine rings is 2. The van der Waals surface area contributed by atoms with E-state index in [4.69, 9.17) is 5.11 Å². The Kier molecular flexibility index (Phi) is 4.07. The lowest BCUT2D eigenvalue weighted by molar-refractivity contribution is 0.0690. The lowest BCUT2D eigenvalue weighted by Crippen LogP contribution is -2.21. The molecule has 19 heavy (non-hydrogen) atoms. The Morgan fingerprint density at radius 2 is 2.11 bits per heavy atom. The van der Waals surface area contributed by atoms with Gasteiger partial charge in [-0.2, -0.15) is 0 Å². The highest BCUT2D eigenvalue weighted by Gasteiger charge is 2.08. The molecule has 2 heterocycles. The zero-order valence-corrected chi connectivity index (χ0v) is 10.7. The molecular formula is C14H15N3O2. The number of anilines is 1. The van der Waals surface area contributed by atoms with Crippen LogP contribution < -0.4 is 4.90 Å². The van der Waals surface area contributed by atoms with Crippen molar-refractivity contribution in [2.75, 3.05) is 18.5 Å². The maximum absolute atomic E-state index is 10.9. The zero-order valence-electron chi connectivity index (χ0n) is 10.7. The quantitative estimate of drug-likeness (QED) is 0.885. The maximum Gasteiger partial charge on any atom is 0.354 e. The van der Waals surface area contributed by atoms with Crippen LogP contribution in [0.4, 0.5) is 5.69 Å². The molecule has 2 aromatic heterocycles. The van der Waals surface area contributed by atoms with Gasteiger partial charge in [0.25, 0.3) is 0 Å². The predicted octanol–water partition coefficient (Wildman–Crippen LogP) is 1.85. The van der Waals surface area contributed by atoms with Crippen molar-refractivity contribution in [3.63, 3.8) is 0 Å². The molecule has 2 rings (SSSR count). The number of likely N-dealkylation sites (N-methyl/N-ethyl adjacent to an activating group) is 1. The van der Waals surface area contributed by atoms with Crippen molar-refractivity contribution in [1.29, 1.82) is 0 Å². The number of aromatic carboxylic acids is 1. The molecule has 0 aliphatic heterocycles. The molecule has 0 spiro atoms. The van der Waals surface area contributed by atoms with Gasteiger partial charge >= 0.3 is 5.97 Å². The van der Waals surface area contributed by atoms with Crippen molar-refractivity contribution in [1.82, 2.24) is 9.97 Å². The minimum absolute atomic E-state index is 0.0576. The monoisotopic (exact) mass is 257 g/mol. The van der Waals surface area contributed by atoms with Crippen LogP contribution in [0.3, 0.4) is 0 Å². The largest absolute Gasteiger partial charge is 0.477 e. The highest BCUT2D eigenvalue weighted by atomic mass is 16.4. The van der Waals surface area contributed by atoms with E-state index >= 15 is 0 Å². The van der Waals surface area contributed by atoms with Gasteiger partial charge in [0.05, 0.1) is 0 Å². The standard InChI is InChI=1S/C14H15N3O2/c1-17(9-6-11-4-2-3-7-15-11)12-5-8-16-13(10-12)14(18)19/h2-5,7-8,10H,6,9H2,1H3,(H,18,19). The lowest BCUT2D eigenvalue weighted by atomic mass is 10.2. The number of carboxylic acids is 1. The molecule has 0 amide bonds. The van der Waals surface area contributed by atoms with Crippen LogP contribution in [0.1, 0.15) is 16.2 Å². The molecule has 0 aliphatic rings. The first kappa shape index (κ1) is 13.0. The van der Waals surface area contributed by atoms with Gasteiger partial charge in [0.1, 0.15) is 5.69 Å². The second-order valence-electron chi connectivity index (χ2n) is 4.20. The van der Waals surface area contributed by atoms with Gasteiger partial charge in [0.2, 0.25) is 0 Å². The Hall–Kier alpha value is -2.43. The van der Waals surface area contributed by atoms with Gasteiger partial charge in [-0.3, -0.25) is 4.98 Å². The molecule has 1 N–H and O–H groups in total. The van der Waals surface area contributed by atoms with Crippen LogP contribution in [0.2, 0.25) is 0 Å². The molecule has 0 fully saturated rings. The summed E-state index contributed by atoms with van der Waals surface area (Å²) in [6.45, 7) is 0.764. The van der Waals surface area contributed by atoms with Gasteiger partial charge in [-0.15, -0.1) is 0 Å². The van der Waals surface area contributed by atoms with E-state index in [1.165, 1.54) is 6.20 Å². The van der Waals surface area contributed by atoms with Crippen molar-refractivity contribution in [3.8, 4) is 0 Å². The van der Waals surface area contributed by atoms with Crippen LogP contribution in [-0.4, -0.2) is 34.6 Å². The van der Waals surface area contributed by atoms with Crippen LogP contribution in [0.25, 0.3) is 0 Å². The van der Waals surface area contributed by atoms with Crippen LogP contribution in [0.15, 0.2) is 42.7 Å². The second-order valence-corrected chi connectivity index (χ2v) is 4.20. The van der Waals surface area contributed by atoms with Crippen molar-refractivity contribution < 1.29 is 9.90 Å². The number of carboxylic acid groups (broad SMARTS) is 1. The summed E-state index contributed by atoms with van der Waals surface area (Å²) in [5, 5.41) is 8.91. The fourth-order valence-corrected chi connectivity index (χ4v) is 1.73. The third-order valence-electron chi connectivity index (χ3n) is 2.83. The molecule has 5 heteroatoms. The van der Waals surface area contributed by atoms with Gasteiger partial charge in [0.15, 0.2) is 0 Å². The number of rotatable bonds is 5. The average molecular weight is 257 g/mol. The summed E-state index contributed by atoms with van der Waals surface area (Å²) in [5.74, 6) is -1.01. The van der Waals surface area contributed by atoms with Gasteiger partial charge in [-0.25, -0.2) is 9.78 Å². The minimum Gasteiger partial charge on any atom is -0.477 e. The van der Waals surface area contributed by atoms with Gasteiger partial charge in [0, 0.05) is 43.8 Å². The molecule has 0 radical (unpaired) electrons. The summed E-state index contributed by atoms with van der Waals surface area (Å²) >= 11 is 0. The average Bonchev–Trinajstić information content (AvgIpc) is 2.46. The van der Waals surface area contributed by atoms with Crippen LogP contribution >= 0.6 is 0 Å². The summed E-state index contributed by atoms with van der Waals surface area (Å²) in [5.41, 5.74) is 1.91. The van der Waals surface area contributed by atoms with Gasteiger partial charge in [-0.1, -0.05) is 6.07 Å². The van der Waals surface area contributed by atoms with Crippen molar-refractivity contribution in [3.05, 3.63) is 54.1 Å². The molecule has 0 aliphatic carbocycles. The first-order chi connectivity index (χ1) is 9.16. The van der Waals surface area contributed by atoms with Gasteiger partial charge in [-0.05, 0) is 24.3 Å². The molecule has 0 unspecified atom stereocenters. The van der Waals surface area contributed by atoms with Crippen molar-refractivity contribution >= 4 is 11.7 Å². The summed E-state index contributed by atoms with van der Waals surface area (Å²) < 4.78 is 0. The molecule has 0 bridgehead atoms. The molecule has 0 atom stereocenters. The van der Waals surface area contributed by atoms with E-state index in [-0.39, 0.29) is 5.69 Å². The third kappa shape index (κ3) is 3.51. The van der Waals surface area contributed by atoms with Crippen molar-refractivity contribution in [2.45, 2.75) is 6.42 Å². The van der Waals surface area contributed by atoms with Crippen molar-refractivity contribution in [2.24, 2.45) is 0 Å². The van der Waals surface area contributed by atoms with Crippen LogP contribution in [0, 0.1) is 0 Å². The fraction of sp³-hybridized carbons (Fsp3) is 0.214. The van der Waals surface area contributed by atoms with E-state index in [2.05, 4.69) is 9.97 Å². The van der Waals surface area contributed by atoms with E-state index in [1.807, 2.05) is 30.1 Å². The molecule has 5 nitrogen and oxygen atoms in total. The zero-order chi connectivity index (χ0) is 13.7. The summed E-state index contributed by atoms with van der Waals surface area (Å²) in [6.07, 6.45) is 4.09. The molecule has 98 valence electrons. The fourth-order valence-electron chi connectivity index (χ4n) is 1.73. The number of hydrogen-bond donors (Lipinski definition) is 1. The number of aromatic nitrogens is 2. The van der Waals surface area contributed by atoms with E-state index in [1.54, 1.807) is 18.3 Å². The third-order valence-corrected chi connectivity index (χ3v) is 2.83. The molecule has 0 saturated heterocycles. The first-order valence-corrected chi connectivity index (χ1v) is 5.97. The highest BCUT2D eigenvalue weighted by Crippen LogP contribution is 2.13. The van der Waals surface area contributed by atoms with E-state index < -0.39 is 5.97 Å². The van der Waals surface area contributed by atoms with Crippen LogP contribution in [0.5, 0.6) is 0 Å². The number of hydrogen-bond acceptors (Lipinski definition) is 4. The smallest absolute Gasteiger partial charge is 0.354 e. The Labute approximate surface area is 111 Å². The topological polar surface area (TPSA) is 66.3 Å². The van der Waals surface area contributed by atoms with E-state index in [0.717, 1.165) is 24.3 Å². The molecular weight excluding hydrogens is 242 g/mol. The normalized spacial score (nSPS) is 10.2. The lowest BCUT2D eigenvalue weighted by Gasteiger charge is -2.19. The first-order valence-electron chi connectivity index (χ1n) is 5.97. The number of nitrogens with zero attached hydrogens (tertiary/aromatic N) is 3. The van der Waals surface area contributed by atoms with E-state index in [0.29, 0.717) is 0 Å². The Morgan fingerprint density at radius 3 is 2.79 bits per heavy atom. The number of carbonyl (C=O) groups is 1. The summed E-state index contributed by atoms with van der Waals surface area (Å²) in [7, 11) is 1.92. The highest BCUT2D eigenvalue weighted by molar-refractivity contribution is 5.86. The second kappa shape index (κ2) is 5.95. The maximum atomic E-state index is 10.9. The minimum atomic E-state index is -1.01. The van der Waals surface area contributed by atoms with Crippen LogP contribution in [-0.2, 0) is 6.42 Å². The Balaban J connectivity index is 2.02. The SMILES string of the molecule is CN(CCc1ccccn1)c1ccnc(C(=O)O)c1. The van der Waals surface area contributed by atoms with Gasteiger partial charge < -0.3 is 10.0 Å². The summed E-state index contributed by atoms with van der Waals surface area (Å²) in [6, 6.07) is 9.18. The Morgan fingerprint density at radius 1 is 1.26 bits per heavy atom. The molecule has 0 saturated carbocycles. The van der Waals surface area contributed by atoms with E-state index in [9.17, 15) is 4.79 Å². The molecule has 2 aromatic rings. The Bertz CT molecular complexity index is 558. The molecule has 0 aromatic carbocycles. The summed E-state index contributed by atoms with van der Waals surface area (Å²) in [4.78, 5) is 20.9. The predicted molar refractivity (Wildman–Crippen MR) is 72.4 cm³/mol.